The van der Waals surface area contributed by atoms with Crippen molar-refractivity contribution < 1.29 is 9.13 Å². The molecule has 0 aliphatic carbocycles. The number of pyridine rings is 1. The van der Waals surface area contributed by atoms with Crippen LogP contribution >= 0.6 is 0 Å². The normalized spacial score (nSPS) is 11.1. The van der Waals surface area contributed by atoms with Crippen molar-refractivity contribution in [2.75, 3.05) is 40.4 Å². The highest BCUT2D eigenvalue weighted by Crippen LogP contribution is 2.00. The zero-order valence-corrected chi connectivity index (χ0v) is 10.4. The van der Waals surface area contributed by atoms with Crippen LogP contribution in [-0.4, -0.2) is 50.3 Å². The summed E-state index contributed by atoms with van der Waals surface area (Å²) in [7, 11) is 3.71. The molecule has 0 spiro atoms. The maximum Gasteiger partial charge on any atom is 0.141 e. The summed E-state index contributed by atoms with van der Waals surface area (Å²) in [5.74, 6) is -0.294. The molecule has 1 aromatic rings. The molecule has 17 heavy (non-hydrogen) atoms. The van der Waals surface area contributed by atoms with Crippen LogP contribution in [0.2, 0.25) is 0 Å². The number of rotatable bonds is 8. The fourth-order valence-corrected chi connectivity index (χ4v) is 1.42. The molecule has 0 aromatic carbocycles. The predicted molar refractivity (Wildman–Crippen MR) is 65.3 cm³/mol. The summed E-state index contributed by atoms with van der Waals surface area (Å²) in [5.41, 5.74) is 0.880. The Morgan fingerprint density at radius 1 is 1.41 bits per heavy atom. The van der Waals surface area contributed by atoms with Crippen LogP contribution in [0.15, 0.2) is 18.3 Å². The van der Waals surface area contributed by atoms with Crippen LogP contribution in [0.1, 0.15) is 5.69 Å². The molecule has 1 heterocycles. The third-order valence-electron chi connectivity index (χ3n) is 2.37. The Morgan fingerprint density at radius 3 is 2.88 bits per heavy atom. The molecule has 0 amide bonds. The van der Waals surface area contributed by atoms with Gasteiger partial charge in [0.15, 0.2) is 0 Å². The molecular weight excluding hydrogens is 221 g/mol. The lowest BCUT2D eigenvalue weighted by Crippen LogP contribution is -2.30. The van der Waals surface area contributed by atoms with Crippen molar-refractivity contribution in [2.45, 2.75) is 6.54 Å². The lowest BCUT2D eigenvalue weighted by atomic mass is 10.3. The maximum absolute atomic E-state index is 12.6. The van der Waals surface area contributed by atoms with Gasteiger partial charge in [0.25, 0.3) is 0 Å². The van der Waals surface area contributed by atoms with Crippen molar-refractivity contribution in [3.8, 4) is 0 Å². The van der Waals surface area contributed by atoms with Crippen molar-refractivity contribution in [3.05, 3.63) is 29.8 Å². The molecule has 5 heteroatoms. The maximum atomic E-state index is 12.6. The van der Waals surface area contributed by atoms with Crippen molar-refractivity contribution in [1.29, 1.82) is 0 Å². The van der Waals surface area contributed by atoms with Crippen LogP contribution < -0.4 is 5.32 Å². The lowest BCUT2D eigenvalue weighted by molar-refractivity contribution is 0.197. The third kappa shape index (κ3) is 6.31. The molecule has 0 bridgehead atoms. The van der Waals surface area contributed by atoms with E-state index in [4.69, 9.17) is 4.74 Å². The molecule has 0 atom stereocenters. The summed E-state index contributed by atoms with van der Waals surface area (Å²) in [5, 5.41) is 3.27. The molecule has 1 rings (SSSR count). The van der Waals surface area contributed by atoms with E-state index in [-0.39, 0.29) is 5.82 Å². The SMILES string of the molecule is COCCNCCN(C)Cc1ccc(F)cn1. The molecule has 0 aliphatic heterocycles. The van der Waals surface area contributed by atoms with E-state index >= 15 is 0 Å². The van der Waals surface area contributed by atoms with Crippen molar-refractivity contribution in [1.82, 2.24) is 15.2 Å². The zero-order chi connectivity index (χ0) is 12.5. The standard InChI is InChI=1S/C12H20FN3O/c1-16(7-5-14-6-8-17-2)10-12-4-3-11(13)9-15-12/h3-4,9,14H,5-8,10H2,1-2H3. The summed E-state index contributed by atoms with van der Waals surface area (Å²) < 4.78 is 17.6. The Labute approximate surface area is 102 Å². The van der Waals surface area contributed by atoms with Gasteiger partial charge >= 0.3 is 0 Å². The van der Waals surface area contributed by atoms with E-state index < -0.39 is 0 Å². The molecular formula is C12H20FN3O. The van der Waals surface area contributed by atoms with E-state index in [2.05, 4.69) is 15.2 Å². The van der Waals surface area contributed by atoms with Gasteiger partial charge in [-0.1, -0.05) is 0 Å². The fourth-order valence-electron chi connectivity index (χ4n) is 1.42. The number of nitrogens with zero attached hydrogens (tertiary/aromatic N) is 2. The van der Waals surface area contributed by atoms with Gasteiger partial charge in [-0.3, -0.25) is 9.88 Å². The van der Waals surface area contributed by atoms with Gasteiger partial charge < -0.3 is 10.1 Å². The van der Waals surface area contributed by atoms with E-state index in [9.17, 15) is 4.39 Å². The second-order valence-corrected chi connectivity index (χ2v) is 3.95. The summed E-state index contributed by atoms with van der Waals surface area (Å²) >= 11 is 0. The summed E-state index contributed by atoms with van der Waals surface area (Å²) in [4.78, 5) is 6.16. The van der Waals surface area contributed by atoms with Crippen LogP contribution in [0.5, 0.6) is 0 Å². The average Bonchev–Trinajstić information content (AvgIpc) is 2.32. The monoisotopic (exact) mass is 241 g/mol. The van der Waals surface area contributed by atoms with Gasteiger partial charge in [-0.25, -0.2) is 4.39 Å². The Balaban J connectivity index is 2.16. The quantitative estimate of drug-likeness (QED) is 0.686. The van der Waals surface area contributed by atoms with Gasteiger partial charge in [-0.15, -0.1) is 0 Å². The second-order valence-electron chi connectivity index (χ2n) is 3.95. The largest absolute Gasteiger partial charge is 0.383 e. The van der Waals surface area contributed by atoms with E-state index in [1.54, 1.807) is 13.2 Å². The highest BCUT2D eigenvalue weighted by molar-refractivity contribution is 5.04. The molecule has 96 valence electrons. The van der Waals surface area contributed by atoms with E-state index in [1.807, 2.05) is 7.05 Å². The number of likely N-dealkylation sites (N-methyl/N-ethyl adjacent to an activating group) is 1. The van der Waals surface area contributed by atoms with E-state index in [1.165, 1.54) is 12.3 Å². The van der Waals surface area contributed by atoms with Gasteiger partial charge in [0.05, 0.1) is 18.5 Å². The fraction of sp³-hybridized carbons (Fsp3) is 0.583. The first kappa shape index (κ1) is 14.0. The lowest BCUT2D eigenvalue weighted by Gasteiger charge is -2.16. The Hall–Kier alpha value is -1.04. The molecule has 0 unspecified atom stereocenters. The molecule has 0 saturated heterocycles. The van der Waals surface area contributed by atoms with Gasteiger partial charge in [-0.2, -0.15) is 0 Å². The molecule has 1 N–H and O–H groups in total. The minimum atomic E-state index is -0.294. The van der Waals surface area contributed by atoms with Crippen LogP contribution in [-0.2, 0) is 11.3 Å². The molecule has 0 fully saturated rings. The van der Waals surface area contributed by atoms with Crippen LogP contribution in [0.3, 0.4) is 0 Å². The molecule has 4 nitrogen and oxygen atoms in total. The number of methoxy groups -OCH3 is 1. The Bertz CT molecular complexity index is 305. The number of ether oxygens (including phenoxy) is 1. The van der Waals surface area contributed by atoms with E-state index in [0.29, 0.717) is 0 Å². The summed E-state index contributed by atoms with van der Waals surface area (Å²) in [6.07, 6.45) is 1.25. The number of nitrogens with one attached hydrogen (secondary N) is 1. The zero-order valence-electron chi connectivity index (χ0n) is 10.4. The minimum Gasteiger partial charge on any atom is -0.383 e. The van der Waals surface area contributed by atoms with Gasteiger partial charge in [0, 0.05) is 33.3 Å². The minimum absolute atomic E-state index is 0.294. The van der Waals surface area contributed by atoms with Gasteiger partial charge in [0.2, 0.25) is 0 Å². The first-order valence-corrected chi connectivity index (χ1v) is 5.71. The predicted octanol–water partition coefficient (Wildman–Crippen LogP) is 0.888. The first-order valence-electron chi connectivity index (χ1n) is 5.71. The van der Waals surface area contributed by atoms with Crippen LogP contribution in [0.25, 0.3) is 0 Å². The second kappa shape index (κ2) is 8.11. The Morgan fingerprint density at radius 2 is 2.24 bits per heavy atom. The molecule has 1 aromatic heterocycles. The number of hydrogen-bond donors (Lipinski definition) is 1. The topological polar surface area (TPSA) is 37.4 Å². The average molecular weight is 241 g/mol. The highest BCUT2D eigenvalue weighted by atomic mass is 19.1. The van der Waals surface area contributed by atoms with Crippen LogP contribution in [0, 0.1) is 5.82 Å². The van der Waals surface area contributed by atoms with Crippen molar-refractivity contribution in [2.24, 2.45) is 0 Å². The molecule has 0 radical (unpaired) electrons. The molecule has 0 saturated carbocycles. The first-order chi connectivity index (χ1) is 8.22. The Kier molecular flexibility index (Phi) is 6.69. The highest BCUT2D eigenvalue weighted by Gasteiger charge is 2.01. The molecule has 0 aliphatic rings. The van der Waals surface area contributed by atoms with E-state index in [0.717, 1.165) is 38.5 Å². The van der Waals surface area contributed by atoms with Crippen molar-refractivity contribution >= 4 is 0 Å². The summed E-state index contributed by atoms with van der Waals surface area (Å²) in [6.45, 7) is 4.14. The van der Waals surface area contributed by atoms with Gasteiger partial charge in [-0.05, 0) is 19.2 Å². The van der Waals surface area contributed by atoms with Gasteiger partial charge in [0.1, 0.15) is 5.82 Å². The third-order valence-corrected chi connectivity index (χ3v) is 2.37. The van der Waals surface area contributed by atoms with Crippen molar-refractivity contribution in [3.63, 3.8) is 0 Å². The smallest absolute Gasteiger partial charge is 0.141 e. The summed E-state index contributed by atoms with van der Waals surface area (Å²) in [6, 6.07) is 3.15. The number of halogens is 1. The van der Waals surface area contributed by atoms with Crippen LogP contribution in [0.4, 0.5) is 4.39 Å². The number of hydrogen-bond acceptors (Lipinski definition) is 4. The number of aromatic nitrogens is 1.